The third-order valence-corrected chi connectivity index (χ3v) is 10.0. The maximum Gasteiger partial charge on any atom is 0.0788 e. The molecule has 0 N–H and O–H groups in total. The van der Waals surface area contributed by atoms with Crippen LogP contribution in [0.3, 0.4) is 0 Å². The van der Waals surface area contributed by atoms with Crippen LogP contribution in [0.4, 0.5) is 0 Å². The third-order valence-electron chi connectivity index (χ3n) is 7.47. The van der Waals surface area contributed by atoms with Crippen LogP contribution in [0.1, 0.15) is 67.2 Å². The van der Waals surface area contributed by atoms with E-state index in [0.717, 1.165) is 33.4 Å². The quantitative estimate of drug-likeness (QED) is 0.524. The van der Waals surface area contributed by atoms with Crippen LogP contribution in [0.25, 0.3) is 0 Å². The standard InChI is InChI=1S/C27H36N3P/c1-13-16(4)22(10)28-25(19(13)7)31(26-20(8)14(2)17(5)23(11)29-26)27-21(9)15(3)18(6)24(12)30-27/h1-12H3. The van der Waals surface area contributed by atoms with E-state index in [0.29, 0.717) is 0 Å². The molecule has 0 atom stereocenters. The molecule has 4 heteroatoms. The lowest BCUT2D eigenvalue weighted by molar-refractivity contribution is 1.10. The Morgan fingerprint density at radius 3 is 0.774 bits per heavy atom. The fourth-order valence-electron chi connectivity index (χ4n) is 4.09. The second kappa shape index (κ2) is 8.43. The predicted molar refractivity (Wildman–Crippen MR) is 135 cm³/mol. The highest BCUT2D eigenvalue weighted by Gasteiger charge is 2.30. The molecule has 0 spiro atoms. The van der Waals surface area contributed by atoms with Crippen LogP contribution < -0.4 is 16.3 Å². The van der Waals surface area contributed by atoms with E-state index >= 15 is 0 Å². The van der Waals surface area contributed by atoms with Crippen LogP contribution in [0, 0.1) is 83.1 Å². The van der Waals surface area contributed by atoms with Gasteiger partial charge in [-0.05, 0) is 133 Å². The lowest BCUT2D eigenvalue weighted by Gasteiger charge is -2.26. The van der Waals surface area contributed by atoms with E-state index in [-0.39, 0.29) is 0 Å². The second-order valence-corrected chi connectivity index (χ2v) is 11.0. The minimum Gasteiger partial charge on any atom is -0.252 e. The molecule has 0 aliphatic heterocycles. The summed E-state index contributed by atoms with van der Waals surface area (Å²) < 4.78 is 0. The Balaban J connectivity index is 2.50. The van der Waals surface area contributed by atoms with Crippen molar-refractivity contribution in [3.05, 3.63) is 67.2 Å². The summed E-state index contributed by atoms with van der Waals surface area (Å²) in [6.45, 7) is 26.2. The van der Waals surface area contributed by atoms with Gasteiger partial charge in [0.2, 0.25) is 0 Å². The molecule has 0 saturated carbocycles. The number of hydrogen-bond donors (Lipinski definition) is 0. The smallest absolute Gasteiger partial charge is 0.0788 e. The Morgan fingerprint density at radius 1 is 0.323 bits per heavy atom. The molecular weight excluding hydrogens is 397 g/mol. The monoisotopic (exact) mass is 433 g/mol. The number of pyridine rings is 3. The molecule has 3 heterocycles. The van der Waals surface area contributed by atoms with Crippen molar-refractivity contribution in [3.8, 4) is 0 Å². The molecule has 3 aromatic rings. The van der Waals surface area contributed by atoms with Crippen LogP contribution in [-0.2, 0) is 0 Å². The molecule has 3 nitrogen and oxygen atoms in total. The number of aryl methyl sites for hydroxylation is 3. The number of hydrogen-bond acceptors (Lipinski definition) is 3. The van der Waals surface area contributed by atoms with E-state index < -0.39 is 7.92 Å². The molecule has 0 unspecified atom stereocenters. The Hall–Kier alpha value is -2.12. The summed E-state index contributed by atoms with van der Waals surface area (Å²) in [6.07, 6.45) is 0. The van der Waals surface area contributed by atoms with Crippen LogP contribution in [0.2, 0.25) is 0 Å². The van der Waals surface area contributed by atoms with Crippen molar-refractivity contribution in [3.63, 3.8) is 0 Å². The molecule has 0 radical (unpaired) electrons. The molecule has 0 bridgehead atoms. The first-order valence-electron chi connectivity index (χ1n) is 11.0. The average molecular weight is 434 g/mol. The highest BCUT2D eigenvalue weighted by molar-refractivity contribution is 7.79. The lowest BCUT2D eigenvalue weighted by Crippen LogP contribution is -2.33. The van der Waals surface area contributed by atoms with E-state index in [1.807, 2.05) is 0 Å². The SMILES string of the molecule is Cc1nc(P(c2nc(C)c(C)c(C)c2C)c2nc(C)c(C)c(C)c2C)c(C)c(C)c1C. The zero-order chi connectivity index (χ0) is 23.4. The fraction of sp³-hybridized carbons (Fsp3) is 0.444. The molecule has 164 valence electrons. The van der Waals surface area contributed by atoms with Gasteiger partial charge < -0.3 is 0 Å². The van der Waals surface area contributed by atoms with Gasteiger partial charge in [-0.25, -0.2) is 0 Å². The first-order chi connectivity index (χ1) is 14.4. The maximum atomic E-state index is 5.18. The lowest BCUT2D eigenvalue weighted by atomic mass is 10.1. The molecule has 3 aromatic heterocycles. The zero-order valence-corrected chi connectivity index (χ0v) is 22.2. The van der Waals surface area contributed by atoms with Gasteiger partial charge in [-0.1, -0.05) is 0 Å². The van der Waals surface area contributed by atoms with Gasteiger partial charge in [0, 0.05) is 25.0 Å². The molecule has 0 saturated heterocycles. The second-order valence-electron chi connectivity index (χ2n) is 9.02. The highest BCUT2D eigenvalue weighted by Crippen LogP contribution is 2.38. The molecule has 0 aromatic carbocycles. The van der Waals surface area contributed by atoms with Gasteiger partial charge >= 0.3 is 0 Å². The summed E-state index contributed by atoms with van der Waals surface area (Å²) >= 11 is 0. The van der Waals surface area contributed by atoms with Crippen molar-refractivity contribution in [2.75, 3.05) is 0 Å². The number of aromatic nitrogens is 3. The van der Waals surface area contributed by atoms with E-state index in [2.05, 4.69) is 83.1 Å². The molecule has 0 amide bonds. The summed E-state index contributed by atoms with van der Waals surface area (Å²) in [5.74, 6) is 0. The fourth-order valence-corrected chi connectivity index (χ4v) is 6.96. The summed E-state index contributed by atoms with van der Waals surface area (Å²) in [5, 5.41) is 0. The molecule has 0 fully saturated rings. The van der Waals surface area contributed by atoms with Crippen molar-refractivity contribution < 1.29 is 0 Å². The Bertz CT molecular complexity index is 1060. The van der Waals surface area contributed by atoms with Gasteiger partial charge in [0.05, 0.1) is 16.3 Å². The average Bonchev–Trinajstić information content (AvgIpc) is 2.74. The Morgan fingerprint density at radius 2 is 0.548 bits per heavy atom. The van der Waals surface area contributed by atoms with Crippen molar-refractivity contribution in [2.24, 2.45) is 0 Å². The number of nitrogens with zero attached hydrogens (tertiary/aromatic N) is 3. The van der Waals surface area contributed by atoms with Crippen molar-refractivity contribution in [2.45, 2.75) is 83.1 Å². The molecule has 31 heavy (non-hydrogen) atoms. The highest BCUT2D eigenvalue weighted by atomic mass is 31.1. The van der Waals surface area contributed by atoms with Crippen LogP contribution in [0.15, 0.2) is 0 Å². The molecule has 0 aliphatic rings. The van der Waals surface area contributed by atoms with Gasteiger partial charge in [0.15, 0.2) is 0 Å². The minimum atomic E-state index is -0.976. The summed E-state index contributed by atoms with van der Waals surface area (Å²) in [4.78, 5) is 15.5. The molecular formula is C27H36N3P. The normalized spacial score (nSPS) is 11.5. The largest absolute Gasteiger partial charge is 0.252 e. The van der Waals surface area contributed by atoms with Crippen molar-refractivity contribution in [1.82, 2.24) is 15.0 Å². The zero-order valence-electron chi connectivity index (χ0n) is 21.3. The third kappa shape index (κ3) is 3.82. The van der Waals surface area contributed by atoms with E-state index in [4.69, 9.17) is 15.0 Å². The topological polar surface area (TPSA) is 38.7 Å². The van der Waals surface area contributed by atoms with Gasteiger partial charge in [-0.2, -0.15) is 0 Å². The van der Waals surface area contributed by atoms with E-state index in [9.17, 15) is 0 Å². The maximum absolute atomic E-state index is 5.18. The van der Waals surface area contributed by atoms with Gasteiger partial charge in [0.25, 0.3) is 0 Å². The minimum absolute atomic E-state index is 0.976. The molecule has 0 aliphatic carbocycles. The van der Waals surface area contributed by atoms with Crippen LogP contribution >= 0.6 is 7.92 Å². The Labute approximate surface area is 189 Å². The number of rotatable bonds is 3. The van der Waals surface area contributed by atoms with Gasteiger partial charge in [-0.15, -0.1) is 0 Å². The van der Waals surface area contributed by atoms with Crippen molar-refractivity contribution in [1.29, 1.82) is 0 Å². The van der Waals surface area contributed by atoms with Crippen LogP contribution in [0.5, 0.6) is 0 Å². The van der Waals surface area contributed by atoms with Gasteiger partial charge in [-0.3, -0.25) is 15.0 Å². The predicted octanol–water partition coefficient (Wildman–Crippen LogP) is 5.33. The summed E-state index contributed by atoms with van der Waals surface area (Å²) in [5.41, 5.74) is 18.3. The van der Waals surface area contributed by atoms with Crippen LogP contribution in [-0.4, -0.2) is 15.0 Å². The summed E-state index contributed by atoms with van der Waals surface area (Å²) in [6, 6.07) is 0. The van der Waals surface area contributed by atoms with E-state index in [1.165, 1.54) is 50.1 Å². The van der Waals surface area contributed by atoms with Gasteiger partial charge in [0.1, 0.15) is 0 Å². The van der Waals surface area contributed by atoms with Crippen molar-refractivity contribution >= 4 is 24.2 Å². The summed E-state index contributed by atoms with van der Waals surface area (Å²) in [7, 11) is -0.976. The Kier molecular flexibility index (Phi) is 6.40. The first kappa shape index (κ1) is 23.5. The van der Waals surface area contributed by atoms with E-state index in [1.54, 1.807) is 0 Å². The first-order valence-corrected chi connectivity index (χ1v) is 12.4. The molecule has 3 rings (SSSR count).